The van der Waals surface area contributed by atoms with Crippen LogP contribution >= 0.6 is 0 Å². The summed E-state index contributed by atoms with van der Waals surface area (Å²) < 4.78 is 16.0. The summed E-state index contributed by atoms with van der Waals surface area (Å²) in [4.78, 5) is 14.1. The van der Waals surface area contributed by atoms with Crippen LogP contribution in [0.3, 0.4) is 0 Å². The molecule has 6 nitrogen and oxygen atoms in total. The molecule has 1 amide bonds. The van der Waals surface area contributed by atoms with E-state index >= 15 is 0 Å². The third-order valence-electron chi connectivity index (χ3n) is 4.22. The van der Waals surface area contributed by atoms with Crippen LogP contribution in [0.5, 0.6) is 11.5 Å². The highest BCUT2D eigenvalue weighted by Crippen LogP contribution is 2.33. The largest absolute Gasteiger partial charge is 0.454 e. The first-order chi connectivity index (χ1) is 11.3. The molecule has 1 aromatic rings. The van der Waals surface area contributed by atoms with Crippen LogP contribution in [0.15, 0.2) is 18.2 Å². The Labute approximate surface area is 143 Å². The lowest BCUT2D eigenvalue weighted by atomic mass is 10.0. The van der Waals surface area contributed by atoms with Crippen molar-refractivity contribution in [3.63, 3.8) is 0 Å². The van der Waals surface area contributed by atoms with Gasteiger partial charge in [0.1, 0.15) is 5.60 Å². The van der Waals surface area contributed by atoms with Crippen molar-refractivity contribution in [3.05, 3.63) is 23.8 Å². The average Bonchev–Trinajstić information content (AvgIpc) is 2.87. The molecule has 3 rings (SSSR count). The molecule has 132 valence electrons. The summed E-state index contributed by atoms with van der Waals surface area (Å²) >= 11 is 0. The lowest BCUT2D eigenvalue weighted by Gasteiger charge is -2.43. The van der Waals surface area contributed by atoms with Crippen molar-refractivity contribution >= 4 is 6.09 Å². The molecule has 0 saturated carbocycles. The Kier molecular flexibility index (Phi) is 4.58. The average molecular weight is 334 g/mol. The maximum atomic E-state index is 11.8. The zero-order chi connectivity index (χ0) is 17.3. The van der Waals surface area contributed by atoms with Gasteiger partial charge in [0.15, 0.2) is 11.5 Å². The molecule has 0 spiro atoms. The van der Waals surface area contributed by atoms with E-state index in [-0.39, 0.29) is 12.1 Å². The second-order valence-corrected chi connectivity index (χ2v) is 7.54. The van der Waals surface area contributed by atoms with Gasteiger partial charge in [0.25, 0.3) is 0 Å². The van der Waals surface area contributed by atoms with Crippen molar-refractivity contribution in [1.29, 1.82) is 0 Å². The van der Waals surface area contributed by atoms with E-state index in [1.807, 2.05) is 26.8 Å². The van der Waals surface area contributed by atoms with Crippen LogP contribution in [-0.4, -0.2) is 48.6 Å². The Bertz CT molecular complexity index is 606. The summed E-state index contributed by atoms with van der Waals surface area (Å²) in [5.74, 6) is 1.64. The molecule has 2 aliphatic heterocycles. The number of carbonyl (C=O) groups excluding carboxylic acids is 1. The minimum absolute atomic E-state index is 0.166. The number of carbonyl (C=O) groups is 1. The number of amides is 1. The number of rotatable bonds is 4. The molecule has 0 aromatic heterocycles. The molecule has 1 fully saturated rings. The zero-order valence-corrected chi connectivity index (χ0v) is 14.8. The third kappa shape index (κ3) is 4.12. The molecule has 0 aliphatic carbocycles. The number of fused-ring (bicyclic) bond motifs is 1. The van der Waals surface area contributed by atoms with E-state index in [1.54, 1.807) is 0 Å². The van der Waals surface area contributed by atoms with E-state index in [2.05, 4.69) is 29.3 Å². The Morgan fingerprint density at radius 3 is 2.75 bits per heavy atom. The highest BCUT2D eigenvalue weighted by molar-refractivity contribution is 5.68. The van der Waals surface area contributed by atoms with Gasteiger partial charge in [0.05, 0.1) is 6.04 Å². The molecule has 6 heteroatoms. The normalized spacial score (nSPS) is 18.8. The molecule has 1 N–H and O–H groups in total. The van der Waals surface area contributed by atoms with E-state index in [0.29, 0.717) is 12.8 Å². The van der Waals surface area contributed by atoms with Gasteiger partial charge in [-0.2, -0.15) is 0 Å². The lowest BCUT2D eigenvalue weighted by Crippen LogP contribution is -2.62. The highest BCUT2D eigenvalue weighted by atomic mass is 16.7. The van der Waals surface area contributed by atoms with Gasteiger partial charge in [0, 0.05) is 19.1 Å². The molecule has 24 heavy (non-hydrogen) atoms. The SMILES string of the molecule is CC(Cc1ccc2c(c1)OCO2)N1CC(NC(=O)OC(C)(C)C)C1. The molecular formula is C18H26N2O4. The second kappa shape index (κ2) is 6.51. The van der Waals surface area contributed by atoms with E-state index in [4.69, 9.17) is 14.2 Å². The van der Waals surface area contributed by atoms with Gasteiger partial charge in [-0.15, -0.1) is 0 Å². The molecule has 2 aliphatic rings. The first-order valence-electron chi connectivity index (χ1n) is 8.42. The summed E-state index contributed by atoms with van der Waals surface area (Å²) in [6, 6.07) is 6.67. The molecule has 1 saturated heterocycles. The van der Waals surface area contributed by atoms with E-state index in [0.717, 1.165) is 31.0 Å². The van der Waals surface area contributed by atoms with Crippen LogP contribution in [0.1, 0.15) is 33.3 Å². The molecule has 0 bridgehead atoms. The third-order valence-corrected chi connectivity index (χ3v) is 4.22. The fourth-order valence-corrected chi connectivity index (χ4v) is 2.98. The van der Waals surface area contributed by atoms with Gasteiger partial charge in [0.2, 0.25) is 6.79 Å². The van der Waals surface area contributed by atoms with E-state index < -0.39 is 5.60 Å². The van der Waals surface area contributed by atoms with Gasteiger partial charge in [-0.3, -0.25) is 4.90 Å². The van der Waals surface area contributed by atoms with Crippen molar-refractivity contribution in [1.82, 2.24) is 10.2 Å². The van der Waals surface area contributed by atoms with Crippen LogP contribution in [-0.2, 0) is 11.2 Å². The minimum Gasteiger partial charge on any atom is -0.454 e. The number of hydrogen-bond donors (Lipinski definition) is 1. The maximum absolute atomic E-state index is 11.8. The van der Waals surface area contributed by atoms with Gasteiger partial charge >= 0.3 is 6.09 Å². The van der Waals surface area contributed by atoms with Crippen LogP contribution in [0, 0.1) is 0 Å². The van der Waals surface area contributed by atoms with Gasteiger partial charge in [-0.25, -0.2) is 4.79 Å². The van der Waals surface area contributed by atoms with Crippen molar-refractivity contribution in [2.24, 2.45) is 0 Å². The number of nitrogens with one attached hydrogen (secondary N) is 1. The van der Waals surface area contributed by atoms with Crippen molar-refractivity contribution in [2.45, 2.75) is 51.8 Å². The number of hydrogen-bond acceptors (Lipinski definition) is 5. The zero-order valence-electron chi connectivity index (χ0n) is 14.8. The lowest BCUT2D eigenvalue weighted by molar-refractivity contribution is 0.0339. The standard InChI is InChI=1S/C18H26N2O4/c1-12(7-13-5-6-15-16(8-13)23-11-22-15)20-9-14(10-20)19-17(21)24-18(2,3)4/h5-6,8,12,14H,7,9-11H2,1-4H3,(H,19,21). The topological polar surface area (TPSA) is 60.0 Å². The summed E-state index contributed by atoms with van der Waals surface area (Å²) in [5, 5.41) is 2.92. The highest BCUT2D eigenvalue weighted by Gasteiger charge is 2.32. The Morgan fingerprint density at radius 1 is 1.33 bits per heavy atom. The van der Waals surface area contributed by atoms with E-state index in [9.17, 15) is 4.79 Å². The Morgan fingerprint density at radius 2 is 2.04 bits per heavy atom. The second-order valence-electron chi connectivity index (χ2n) is 7.54. The molecule has 1 atom stereocenters. The van der Waals surface area contributed by atoms with Crippen LogP contribution < -0.4 is 14.8 Å². The predicted molar refractivity (Wildman–Crippen MR) is 90.5 cm³/mol. The van der Waals surface area contributed by atoms with Gasteiger partial charge in [-0.1, -0.05) is 6.07 Å². The number of alkyl carbamates (subject to hydrolysis) is 1. The number of ether oxygens (including phenoxy) is 3. The smallest absolute Gasteiger partial charge is 0.407 e. The Hall–Kier alpha value is -1.95. The summed E-state index contributed by atoms with van der Waals surface area (Å²) in [7, 11) is 0. The molecule has 0 radical (unpaired) electrons. The summed E-state index contributed by atoms with van der Waals surface area (Å²) in [6.45, 7) is 9.82. The van der Waals surface area contributed by atoms with Crippen molar-refractivity contribution < 1.29 is 19.0 Å². The Balaban J connectivity index is 1.43. The monoisotopic (exact) mass is 334 g/mol. The molecule has 2 heterocycles. The molecular weight excluding hydrogens is 308 g/mol. The van der Waals surface area contributed by atoms with E-state index in [1.165, 1.54) is 5.56 Å². The quantitative estimate of drug-likeness (QED) is 0.917. The minimum atomic E-state index is -0.458. The van der Waals surface area contributed by atoms with Gasteiger partial charge < -0.3 is 19.5 Å². The fraction of sp³-hybridized carbons (Fsp3) is 0.611. The maximum Gasteiger partial charge on any atom is 0.407 e. The van der Waals surface area contributed by atoms with Gasteiger partial charge in [-0.05, 0) is 51.8 Å². The predicted octanol–water partition coefficient (Wildman–Crippen LogP) is 2.56. The summed E-state index contributed by atoms with van der Waals surface area (Å²) in [6.07, 6.45) is 0.603. The fourth-order valence-electron chi connectivity index (χ4n) is 2.98. The van der Waals surface area contributed by atoms with Crippen LogP contribution in [0.25, 0.3) is 0 Å². The van der Waals surface area contributed by atoms with Crippen LogP contribution in [0.4, 0.5) is 4.79 Å². The molecule has 1 unspecified atom stereocenters. The number of nitrogens with zero attached hydrogens (tertiary/aromatic N) is 1. The molecule has 1 aromatic carbocycles. The summed E-state index contributed by atoms with van der Waals surface area (Å²) in [5.41, 5.74) is 0.774. The number of benzene rings is 1. The van der Waals surface area contributed by atoms with Crippen molar-refractivity contribution in [3.8, 4) is 11.5 Å². The van der Waals surface area contributed by atoms with Crippen molar-refractivity contribution in [2.75, 3.05) is 19.9 Å². The number of likely N-dealkylation sites (tertiary alicyclic amines) is 1. The van der Waals surface area contributed by atoms with Crippen LogP contribution in [0.2, 0.25) is 0 Å². The first-order valence-corrected chi connectivity index (χ1v) is 8.42. The first kappa shape index (κ1) is 16.9.